The van der Waals surface area contributed by atoms with Crippen LogP contribution in [-0.4, -0.2) is 30.0 Å². The van der Waals surface area contributed by atoms with Crippen LogP contribution >= 0.6 is 12.4 Å². The summed E-state index contributed by atoms with van der Waals surface area (Å²) in [6, 6.07) is 3.15. The van der Waals surface area contributed by atoms with Crippen molar-refractivity contribution in [2.24, 2.45) is 11.8 Å². The molecular weight excluding hydrogens is 289 g/mol. The van der Waals surface area contributed by atoms with Crippen molar-refractivity contribution in [2.45, 2.75) is 6.04 Å². The van der Waals surface area contributed by atoms with E-state index in [1.54, 1.807) is 0 Å². The van der Waals surface area contributed by atoms with Crippen LogP contribution in [0.15, 0.2) is 18.2 Å². The summed E-state index contributed by atoms with van der Waals surface area (Å²) in [5.41, 5.74) is -0.509. The largest absolute Gasteiger partial charge is 0.349 e. The van der Waals surface area contributed by atoms with Gasteiger partial charge in [0.2, 0.25) is 0 Å². The number of nitrogens with zero attached hydrogens (tertiary/aromatic N) is 1. The lowest BCUT2D eigenvalue weighted by Crippen LogP contribution is -2.33. The maximum atomic E-state index is 13.6. The van der Waals surface area contributed by atoms with Crippen LogP contribution in [0, 0.1) is 27.8 Å². The summed E-state index contributed by atoms with van der Waals surface area (Å²) in [7, 11) is 0. The number of carbonyl (C=O) groups excluding carboxylic acids is 1. The van der Waals surface area contributed by atoms with Crippen molar-refractivity contribution in [3.8, 4) is 0 Å². The molecule has 2 unspecified atom stereocenters. The molecule has 2 N–H and O–H groups in total. The van der Waals surface area contributed by atoms with Crippen LogP contribution in [0.4, 0.5) is 10.1 Å². The molecule has 2 aliphatic rings. The topological polar surface area (TPSA) is 84.3 Å². The highest BCUT2D eigenvalue weighted by Gasteiger charge is 2.53. The Morgan fingerprint density at radius 3 is 2.60 bits per heavy atom. The predicted octanol–water partition coefficient (Wildman–Crippen LogP) is 1.10. The monoisotopic (exact) mass is 301 g/mol. The lowest BCUT2D eigenvalue weighted by Gasteiger charge is -2.08. The van der Waals surface area contributed by atoms with Gasteiger partial charge in [-0.15, -0.1) is 12.4 Å². The third-order valence-corrected chi connectivity index (χ3v) is 3.80. The molecule has 1 aliphatic carbocycles. The summed E-state index contributed by atoms with van der Waals surface area (Å²) in [4.78, 5) is 21.7. The van der Waals surface area contributed by atoms with Crippen LogP contribution in [0.25, 0.3) is 0 Å². The van der Waals surface area contributed by atoms with Crippen LogP contribution in [0.1, 0.15) is 10.4 Å². The zero-order chi connectivity index (χ0) is 13.6. The quantitative estimate of drug-likeness (QED) is 0.647. The van der Waals surface area contributed by atoms with Gasteiger partial charge in [0.15, 0.2) is 0 Å². The highest BCUT2D eigenvalue weighted by atomic mass is 35.5. The summed E-state index contributed by atoms with van der Waals surface area (Å²) in [5.74, 6) is -0.502. The van der Waals surface area contributed by atoms with Gasteiger partial charge in [0.1, 0.15) is 5.82 Å². The second-order valence-electron chi connectivity index (χ2n) is 4.91. The number of nitro groups is 1. The minimum Gasteiger partial charge on any atom is -0.349 e. The Bertz CT molecular complexity index is 559. The number of halogens is 2. The second kappa shape index (κ2) is 5.34. The fourth-order valence-corrected chi connectivity index (χ4v) is 2.66. The molecule has 0 aromatic heterocycles. The third-order valence-electron chi connectivity index (χ3n) is 3.80. The first-order valence-corrected chi connectivity index (χ1v) is 6.03. The fourth-order valence-electron chi connectivity index (χ4n) is 2.66. The van der Waals surface area contributed by atoms with E-state index in [4.69, 9.17) is 0 Å². The standard InChI is InChI=1S/C12H12FN3O3.ClH/c13-10-3-6(16(18)19)1-2-7(10)12(17)15-11-8-4-14-5-9(8)11;/h1-3,8-9,11,14H,4-5H2,(H,15,17);1H. The fraction of sp³-hybridized carbons (Fsp3) is 0.417. The molecule has 0 bridgehead atoms. The molecule has 1 aliphatic heterocycles. The highest BCUT2D eigenvalue weighted by molar-refractivity contribution is 5.95. The van der Waals surface area contributed by atoms with Crippen molar-refractivity contribution < 1.29 is 14.1 Å². The number of non-ortho nitro benzene ring substituents is 1. The molecular formula is C12H13ClFN3O3. The number of carbonyl (C=O) groups is 1. The molecule has 0 spiro atoms. The minimum atomic E-state index is -0.865. The Morgan fingerprint density at radius 1 is 1.40 bits per heavy atom. The van der Waals surface area contributed by atoms with Crippen molar-refractivity contribution in [1.29, 1.82) is 0 Å². The summed E-state index contributed by atoms with van der Waals surface area (Å²) < 4.78 is 13.6. The summed E-state index contributed by atoms with van der Waals surface area (Å²) in [6.45, 7) is 1.75. The van der Waals surface area contributed by atoms with Crippen LogP contribution < -0.4 is 10.6 Å². The molecule has 3 rings (SSSR count). The first kappa shape index (κ1) is 14.7. The molecule has 1 aromatic carbocycles. The van der Waals surface area contributed by atoms with E-state index in [1.807, 2.05) is 0 Å². The van der Waals surface area contributed by atoms with Crippen molar-refractivity contribution >= 4 is 24.0 Å². The smallest absolute Gasteiger partial charge is 0.272 e. The highest BCUT2D eigenvalue weighted by Crippen LogP contribution is 2.41. The van der Waals surface area contributed by atoms with Crippen molar-refractivity contribution in [1.82, 2.24) is 10.6 Å². The van der Waals surface area contributed by atoms with Gasteiger partial charge in [0.25, 0.3) is 11.6 Å². The molecule has 1 heterocycles. The van der Waals surface area contributed by atoms with E-state index in [2.05, 4.69) is 10.6 Å². The van der Waals surface area contributed by atoms with Gasteiger partial charge in [0, 0.05) is 25.2 Å². The van der Waals surface area contributed by atoms with Gasteiger partial charge in [-0.1, -0.05) is 0 Å². The molecule has 1 saturated heterocycles. The maximum absolute atomic E-state index is 13.6. The molecule has 8 heteroatoms. The SMILES string of the molecule is Cl.O=C(NC1C2CNCC21)c1ccc([N+](=O)[O-])cc1F. The van der Waals surface area contributed by atoms with Gasteiger partial charge < -0.3 is 10.6 Å². The number of hydrogen-bond donors (Lipinski definition) is 2. The average molecular weight is 302 g/mol. The molecule has 6 nitrogen and oxygen atoms in total. The zero-order valence-electron chi connectivity index (χ0n) is 10.3. The van der Waals surface area contributed by atoms with Crippen molar-refractivity contribution in [2.75, 3.05) is 13.1 Å². The lowest BCUT2D eigenvalue weighted by molar-refractivity contribution is -0.385. The Morgan fingerprint density at radius 2 is 2.05 bits per heavy atom. The number of fused-ring (bicyclic) bond motifs is 1. The first-order chi connectivity index (χ1) is 9.08. The molecule has 1 aromatic rings. The van der Waals surface area contributed by atoms with Crippen LogP contribution in [0.2, 0.25) is 0 Å². The number of rotatable bonds is 3. The predicted molar refractivity (Wildman–Crippen MR) is 71.4 cm³/mol. The summed E-state index contributed by atoms with van der Waals surface area (Å²) in [5, 5.41) is 16.5. The second-order valence-corrected chi connectivity index (χ2v) is 4.91. The first-order valence-electron chi connectivity index (χ1n) is 6.03. The van der Waals surface area contributed by atoms with E-state index >= 15 is 0 Å². The van der Waals surface area contributed by atoms with Gasteiger partial charge in [-0.05, 0) is 17.9 Å². The van der Waals surface area contributed by atoms with Crippen LogP contribution in [0.3, 0.4) is 0 Å². The van der Waals surface area contributed by atoms with Crippen LogP contribution in [-0.2, 0) is 0 Å². The average Bonchev–Trinajstić information content (AvgIpc) is 2.82. The molecule has 2 fully saturated rings. The summed E-state index contributed by atoms with van der Waals surface area (Å²) >= 11 is 0. The van der Waals surface area contributed by atoms with Gasteiger partial charge in [-0.3, -0.25) is 14.9 Å². The number of nitrogens with one attached hydrogen (secondary N) is 2. The van der Waals surface area contributed by atoms with Gasteiger partial charge in [0.05, 0.1) is 16.6 Å². The van der Waals surface area contributed by atoms with E-state index < -0.39 is 16.6 Å². The van der Waals surface area contributed by atoms with Crippen molar-refractivity contribution in [3.05, 3.63) is 39.7 Å². The maximum Gasteiger partial charge on any atom is 0.272 e. The number of hydrogen-bond acceptors (Lipinski definition) is 4. The Labute approximate surface area is 120 Å². The van der Waals surface area contributed by atoms with Crippen LogP contribution in [0.5, 0.6) is 0 Å². The molecule has 0 radical (unpaired) electrons. The molecule has 20 heavy (non-hydrogen) atoms. The van der Waals surface area contributed by atoms with Gasteiger partial charge in [-0.25, -0.2) is 4.39 Å². The number of piperidine rings is 1. The molecule has 2 atom stereocenters. The van der Waals surface area contributed by atoms with Gasteiger partial charge >= 0.3 is 0 Å². The number of amides is 1. The molecule has 1 amide bonds. The Balaban J connectivity index is 0.00000147. The molecule has 1 saturated carbocycles. The third kappa shape index (κ3) is 2.46. The van der Waals surface area contributed by atoms with E-state index in [1.165, 1.54) is 0 Å². The zero-order valence-corrected chi connectivity index (χ0v) is 11.2. The molecule has 108 valence electrons. The minimum absolute atomic E-state index is 0. The summed E-state index contributed by atoms with van der Waals surface area (Å²) in [6.07, 6.45) is 0. The van der Waals surface area contributed by atoms with E-state index in [9.17, 15) is 19.3 Å². The van der Waals surface area contributed by atoms with E-state index in [-0.39, 0.29) is 29.7 Å². The Kier molecular flexibility index (Phi) is 3.92. The Hall–Kier alpha value is -1.73. The number of nitro benzene ring substituents is 1. The van der Waals surface area contributed by atoms with Gasteiger partial charge in [-0.2, -0.15) is 0 Å². The lowest BCUT2D eigenvalue weighted by atomic mass is 10.1. The van der Waals surface area contributed by atoms with E-state index in [0.717, 1.165) is 31.3 Å². The normalized spacial score (nSPS) is 26.4. The van der Waals surface area contributed by atoms with E-state index in [0.29, 0.717) is 11.8 Å². The van der Waals surface area contributed by atoms with Crippen molar-refractivity contribution in [3.63, 3.8) is 0 Å². The number of benzene rings is 1.